The van der Waals surface area contributed by atoms with Gasteiger partial charge in [-0.3, -0.25) is 19.2 Å². The second kappa shape index (κ2) is 10.0. The molecule has 1 aromatic carbocycles. The summed E-state index contributed by atoms with van der Waals surface area (Å²) in [5.41, 5.74) is 6.10. The van der Waals surface area contributed by atoms with Crippen LogP contribution in [0.25, 0.3) is 0 Å². The zero-order valence-electron chi connectivity index (χ0n) is 16.7. The van der Waals surface area contributed by atoms with E-state index in [-0.39, 0.29) is 10.6 Å². The number of nitrogens with zero attached hydrogens (tertiary/aromatic N) is 2. The maximum Gasteiger partial charge on any atom is 0.305 e. The van der Waals surface area contributed by atoms with Gasteiger partial charge in [0.05, 0.1) is 23.2 Å². The first-order chi connectivity index (χ1) is 14.5. The lowest BCUT2D eigenvalue weighted by Gasteiger charge is -2.27. The summed E-state index contributed by atoms with van der Waals surface area (Å²) in [5.74, 6) is -3.75. The minimum atomic E-state index is -1.26. The van der Waals surface area contributed by atoms with Crippen LogP contribution in [0.3, 0.4) is 0 Å². The number of aldehydes is 1. The van der Waals surface area contributed by atoms with Gasteiger partial charge in [0, 0.05) is 17.7 Å². The highest BCUT2D eigenvalue weighted by atomic mass is 35.5. The van der Waals surface area contributed by atoms with Crippen molar-refractivity contribution in [2.24, 2.45) is 11.0 Å². The van der Waals surface area contributed by atoms with Gasteiger partial charge < -0.3 is 26.3 Å². The standard InChI is InChI=1S/C19H22ClN5O6/c1-9-7-22-25(16(9)18(30)24-12(8-26)6-15(27)28)19(31)10(2)23-17(29)11-3-4-14(21)13(20)5-11/h3-5,7-10,12,16H,6,21H2,1-2H3,(H,23,29)(H,24,30)(H,27,28). The van der Waals surface area contributed by atoms with E-state index in [9.17, 15) is 24.0 Å². The van der Waals surface area contributed by atoms with Crippen LogP contribution in [0.15, 0.2) is 23.3 Å². The molecule has 4 unspecified atom stereocenters. The van der Waals surface area contributed by atoms with Crippen molar-refractivity contribution in [2.45, 2.75) is 38.4 Å². The Morgan fingerprint density at radius 1 is 1.32 bits per heavy atom. The summed E-state index contributed by atoms with van der Waals surface area (Å²) >= 11 is 5.91. The van der Waals surface area contributed by atoms with E-state index in [1.54, 1.807) is 6.92 Å². The van der Waals surface area contributed by atoms with Crippen LogP contribution in [0.5, 0.6) is 0 Å². The second-order valence-corrected chi connectivity index (χ2v) is 7.44. The molecule has 0 aromatic heterocycles. The zero-order chi connectivity index (χ0) is 23.3. The highest BCUT2D eigenvalue weighted by Crippen LogP contribution is 2.21. The summed E-state index contributed by atoms with van der Waals surface area (Å²) in [6.07, 6.45) is 1.09. The predicted octanol–water partition coefficient (Wildman–Crippen LogP) is 0.0316. The van der Waals surface area contributed by atoms with Crippen LogP contribution in [0, 0.1) is 5.92 Å². The SMILES string of the molecule is CC(NC(=O)c1ccc(N)c(Cl)c1)C(=O)N1N=CC(C)C1C(=O)NC(C=O)CC(=O)O. The van der Waals surface area contributed by atoms with Crippen molar-refractivity contribution in [1.29, 1.82) is 0 Å². The number of anilines is 1. The fourth-order valence-electron chi connectivity index (χ4n) is 2.89. The van der Waals surface area contributed by atoms with Gasteiger partial charge in [-0.15, -0.1) is 0 Å². The highest BCUT2D eigenvalue weighted by molar-refractivity contribution is 6.33. The van der Waals surface area contributed by atoms with Gasteiger partial charge in [0.25, 0.3) is 11.8 Å². The molecule has 0 saturated carbocycles. The summed E-state index contributed by atoms with van der Waals surface area (Å²) in [5, 5.41) is 18.7. The summed E-state index contributed by atoms with van der Waals surface area (Å²) in [6, 6.07) is 0.857. The fourth-order valence-corrected chi connectivity index (χ4v) is 3.08. The van der Waals surface area contributed by atoms with E-state index >= 15 is 0 Å². The van der Waals surface area contributed by atoms with Crippen molar-refractivity contribution in [1.82, 2.24) is 15.6 Å². The van der Waals surface area contributed by atoms with Crippen LogP contribution in [0.4, 0.5) is 5.69 Å². The molecule has 0 bridgehead atoms. The molecule has 1 aliphatic heterocycles. The third kappa shape index (κ3) is 5.79. The molecule has 0 fully saturated rings. The highest BCUT2D eigenvalue weighted by Gasteiger charge is 2.40. The number of benzene rings is 1. The van der Waals surface area contributed by atoms with Crippen LogP contribution in [0.2, 0.25) is 5.02 Å². The van der Waals surface area contributed by atoms with E-state index in [1.807, 2.05) is 0 Å². The Bertz CT molecular complexity index is 936. The van der Waals surface area contributed by atoms with E-state index in [0.717, 1.165) is 5.01 Å². The molecule has 4 atom stereocenters. The molecule has 3 amide bonds. The van der Waals surface area contributed by atoms with Crippen molar-refractivity contribution in [2.75, 3.05) is 5.73 Å². The molecular weight excluding hydrogens is 430 g/mol. The van der Waals surface area contributed by atoms with E-state index < -0.39 is 54.2 Å². The van der Waals surface area contributed by atoms with Gasteiger partial charge in [-0.2, -0.15) is 5.10 Å². The Hall–Kier alpha value is -3.47. The van der Waals surface area contributed by atoms with Crippen molar-refractivity contribution in [3.8, 4) is 0 Å². The number of nitrogens with one attached hydrogen (secondary N) is 2. The molecular formula is C19H22ClN5O6. The maximum atomic E-state index is 12.8. The van der Waals surface area contributed by atoms with Gasteiger partial charge in [0.15, 0.2) is 0 Å². The molecule has 1 heterocycles. The van der Waals surface area contributed by atoms with Crippen LogP contribution >= 0.6 is 11.6 Å². The second-order valence-electron chi connectivity index (χ2n) is 7.03. The number of aliphatic carboxylic acids is 1. The van der Waals surface area contributed by atoms with E-state index in [1.165, 1.54) is 31.3 Å². The summed E-state index contributed by atoms with van der Waals surface area (Å²) in [7, 11) is 0. The quantitative estimate of drug-likeness (QED) is 0.319. The first-order valence-corrected chi connectivity index (χ1v) is 9.63. The topological polar surface area (TPSA) is 171 Å². The summed E-state index contributed by atoms with van der Waals surface area (Å²) in [6.45, 7) is 3.05. The first-order valence-electron chi connectivity index (χ1n) is 9.25. The predicted molar refractivity (Wildman–Crippen MR) is 111 cm³/mol. The Balaban J connectivity index is 2.09. The number of carbonyl (C=O) groups excluding carboxylic acids is 4. The van der Waals surface area contributed by atoms with Gasteiger partial charge in [0.2, 0.25) is 5.91 Å². The molecule has 1 aromatic rings. The number of carboxylic acids is 1. The Labute approximate surface area is 182 Å². The summed E-state index contributed by atoms with van der Waals surface area (Å²) < 4.78 is 0. The van der Waals surface area contributed by atoms with Gasteiger partial charge in [0.1, 0.15) is 18.4 Å². The van der Waals surface area contributed by atoms with Gasteiger partial charge in [-0.05, 0) is 25.1 Å². The molecule has 166 valence electrons. The fraction of sp³-hybridized carbons (Fsp3) is 0.368. The Morgan fingerprint density at radius 3 is 2.58 bits per heavy atom. The number of rotatable bonds is 8. The monoisotopic (exact) mass is 451 g/mol. The molecule has 2 rings (SSSR count). The average molecular weight is 452 g/mol. The molecule has 31 heavy (non-hydrogen) atoms. The van der Waals surface area contributed by atoms with Crippen LogP contribution in [-0.4, -0.2) is 64.4 Å². The number of halogens is 1. The van der Waals surface area contributed by atoms with E-state index in [0.29, 0.717) is 12.0 Å². The van der Waals surface area contributed by atoms with Crippen molar-refractivity contribution in [3.05, 3.63) is 28.8 Å². The lowest BCUT2D eigenvalue weighted by molar-refractivity contribution is -0.143. The molecule has 0 radical (unpaired) electrons. The minimum absolute atomic E-state index is 0.187. The van der Waals surface area contributed by atoms with Crippen LogP contribution in [-0.2, 0) is 19.2 Å². The molecule has 0 spiro atoms. The molecule has 12 heteroatoms. The Kier molecular flexibility index (Phi) is 7.70. The number of carboxylic acid groups (broad SMARTS) is 1. The van der Waals surface area contributed by atoms with Crippen molar-refractivity contribution >= 4 is 53.5 Å². The number of hydrogen-bond acceptors (Lipinski definition) is 7. The number of carbonyl (C=O) groups is 5. The normalized spacial score (nSPS) is 19.4. The van der Waals surface area contributed by atoms with E-state index in [4.69, 9.17) is 22.4 Å². The first kappa shape index (κ1) is 23.8. The van der Waals surface area contributed by atoms with Gasteiger partial charge in [-0.25, -0.2) is 5.01 Å². The smallest absolute Gasteiger partial charge is 0.305 e. The average Bonchev–Trinajstić information content (AvgIpc) is 3.09. The number of amides is 3. The van der Waals surface area contributed by atoms with Crippen molar-refractivity contribution in [3.63, 3.8) is 0 Å². The lowest BCUT2D eigenvalue weighted by Crippen LogP contribution is -2.54. The number of hydrazone groups is 1. The molecule has 5 N–H and O–H groups in total. The lowest BCUT2D eigenvalue weighted by atomic mass is 10.0. The number of hydrogen-bond donors (Lipinski definition) is 4. The van der Waals surface area contributed by atoms with Crippen molar-refractivity contribution < 1.29 is 29.1 Å². The van der Waals surface area contributed by atoms with Gasteiger partial charge >= 0.3 is 5.97 Å². The third-order valence-corrected chi connectivity index (χ3v) is 4.88. The molecule has 0 saturated heterocycles. The molecule has 1 aliphatic rings. The number of nitrogens with two attached hydrogens (primary N) is 1. The zero-order valence-corrected chi connectivity index (χ0v) is 17.5. The molecule has 11 nitrogen and oxygen atoms in total. The Morgan fingerprint density at radius 2 is 2.00 bits per heavy atom. The summed E-state index contributed by atoms with van der Waals surface area (Å²) in [4.78, 5) is 59.7. The number of nitrogen functional groups attached to an aromatic ring is 1. The van der Waals surface area contributed by atoms with Crippen LogP contribution < -0.4 is 16.4 Å². The van der Waals surface area contributed by atoms with Gasteiger partial charge in [-0.1, -0.05) is 18.5 Å². The maximum absolute atomic E-state index is 12.8. The van der Waals surface area contributed by atoms with Crippen LogP contribution in [0.1, 0.15) is 30.6 Å². The van der Waals surface area contributed by atoms with E-state index in [2.05, 4.69) is 15.7 Å². The third-order valence-electron chi connectivity index (χ3n) is 4.55. The largest absolute Gasteiger partial charge is 0.481 e. The minimum Gasteiger partial charge on any atom is -0.481 e. The molecule has 0 aliphatic carbocycles.